The number of rotatable bonds is 6. The first-order chi connectivity index (χ1) is 9.22. The van der Waals surface area contributed by atoms with Crippen molar-refractivity contribution in [3.8, 4) is 0 Å². The van der Waals surface area contributed by atoms with E-state index in [0.717, 1.165) is 25.4 Å². The van der Waals surface area contributed by atoms with Crippen molar-refractivity contribution in [3.63, 3.8) is 0 Å². The lowest BCUT2D eigenvalue weighted by atomic mass is 9.90. The fourth-order valence-corrected chi connectivity index (χ4v) is 2.83. The molecule has 0 saturated heterocycles. The Kier molecular flexibility index (Phi) is 5.37. The topological polar surface area (TPSA) is 47.3 Å². The summed E-state index contributed by atoms with van der Waals surface area (Å²) in [6.45, 7) is 5.32. The lowest BCUT2D eigenvalue weighted by molar-refractivity contribution is 0.0125. The van der Waals surface area contributed by atoms with Gasteiger partial charge in [0.1, 0.15) is 0 Å². The summed E-state index contributed by atoms with van der Waals surface area (Å²) < 4.78 is 5.97. The van der Waals surface area contributed by atoms with E-state index < -0.39 is 0 Å². The molecule has 2 rings (SSSR count). The Labute approximate surface area is 116 Å². The third kappa shape index (κ3) is 3.78. The quantitative estimate of drug-likeness (QED) is 0.612. The summed E-state index contributed by atoms with van der Waals surface area (Å²) in [6.07, 6.45) is 4.60. The zero-order valence-electron chi connectivity index (χ0n) is 12.1. The summed E-state index contributed by atoms with van der Waals surface area (Å²) in [5, 5.41) is 0. The second-order valence-corrected chi connectivity index (χ2v) is 5.84. The van der Waals surface area contributed by atoms with E-state index >= 15 is 0 Å². The molecule has 1 aromatic carbocycles. The molecule has 0 bridgehead atoms. The van der Waals surface area contributed by atoms with Crippen LogP contribution in [0, 0.1) is 5.92 Å². The molecule has 3 nitrogen and oxygen atoms in total. The molecule has 2 unspecified atom stereocenters. The van der Waals surface area contributed by atoms with E-state index in [4.69, 9.17) is 10.6 Å². The van der Waals surface area contributed by atoms with Gasteiger partial charge >= 0.3 is 0 Å². The van der Waals surface area contributed by atoms with E-state index in [1.165, 1.54) is 24.0 Å². The van der Waals surface area contributed by atoms with Crippen LogP contribution >= 0.6 is 0 Å². The van der Waals surface area contributed by atoms with Crippen LogP contribution in [0.1, 0.15) is 50.3 Å². The second-order valence-electron chi connectivity index (χ2n) is 5.84. The smallest absolute Gasteiger partial charge is 0.0994 e. The molecule has 1 heterocycles. The van der Waals surface area contributed by atoms with E-state index in [1.807, 2.05) is 0 Å². The average Bonchev–Trinajstić information content (AvgIpc) is 2.43. The molecular formula is C16H26N2O. The number of benzene rings is 1. The zero-order chi connectivity index (χ0) is 13.7. The van der Waals surface area contributed by atoms with E-state index in [-0.39, 0.29) is 12.1 Å². The molecule has 1 aliphatic heterocycles. The molecule has 2 atom stereocenters. The highest BCUT2D eigenvalue weighted by Gasteiger charge is 2.27. The van der Waals surface area contributed by atoms with Crippen LogP contribution < -0.4 is 11.3 Å². The minimum absolute atomic E-state index is 0.0992. The van der Waals surface area contributed by atoms with Gasteiger partial charge in [-0.3, -0.25) is 11.3 Å². The lowest BCUT2D eigenvalue weighted by Crippen LogP contribution is -2.42. The van der Waals surface area contributed by atoms with E-state index in [0.29, 0.717) is 0 Å². The van der Waals surface area contributed by atoms with Crippen molar-refractivity contribution < 1.29 is 4.74 Å². The SMILES string of the molecule is CC(C)CCCC(NN)C1OCCc2ccccc21. The predicted octanol–water partition coefficient (Wildman–Crippen LogP) is 2.96. The highest BCUT2D eigenvalue weighted by Crippen LogP contribution is 2.31. The Morgan fingerprint density at radius 1 is 1.32 bits per heavy atom. The third-order valence-electron chi connectivity index (χ3n) is 3.91. The maximum Gasteiger partial charge on any atom is 0.0994 e. The molecule has 0 aliphatic carbocycles. The first kappa shape index (κ1) is 14.5. The van der Waals surface area contributed by atoms with Gasteiger partial charge < -0.3 is 4.74 Å². The van der Waals surface area contributed by atoms with Gasteiger partial charge in [-0.2, -0.15) is 0 Å². The molecule has 19 heavy (non-hydrogen) atoms. The van der Waals surface area contributed by atoms with Gasteiger partial charge in [-0.15, -0.1) is 0 Å². The number of fused-ring (bicyclic) bond motifs is 1. The van der Waals surface area contributed by atoms with Crippen LogP contribution in [-0.2, 0) is 11.2 Å². The number of hydrogen-bond donors (Lipinski definition) is 2. The number of nitrogens with one attached hydrogen (secondary N) is 1. The van der Waals surface area contributed by atoms with Gasteiger partial charge in [0.2, 0.25) is 0 Å². The van der Waals surface area contributed by atoms with E-state index in [1.54, 1.807) is 0 Å². The van der Waals surface area contributed by atoms with Gasteiger partial charge in [-0.05, 0) is 29.9 Å². The minimum atomic E-state index is 0.0992. The van der Waals surface area contributed by atoms with Gasteiger partial charge in [0.15, 0.2) is 0 Å². The van der Waals surface area contributed by atoms with Crippen molar-refractivity contribution in [2.45, 2.75) is 51.7 Å². The van der Waals surface area contributed by atoms with Crippen LogP contribution in [0.5, 0.6) is 0 Å². The monoisotopic (exact) mass is 262 g/mol. The van der Waals surface area contributed by atoms with Crippen molar-refractivity contribution in [1.29, 1.82) is 0 Å². The van der Waals surface area contributed by atoms with Crippen LogP contribution in [0.2, 0.25) is 0 Å². The van der Waals surface area contributed by atoms with E-state index in [2.05, 4.69) is 43.5 Å². The van der Waals surface area contributed by atoms with Gasteiger partial charge in [0, 0.05) is 0 Å². The summed E-state index contributed by atoms with van der Waals surface area (Å²) in [4.78, 5) is 0. The molecule has 1 aliphatic rings. The normalized spacial score (nSPS) is 20.3. The highest BCUT2D eigenvalue weighted by atomic mass is 16.5. The van der Waals surface area contributed by atoms with Crippen LogP contribution in [0.25, 0.3) is 0 Å². The van der Waals surface area contributed by atoms with Crippen molar-refractivity contribution in [1.82, 2.24) is 5.43 Å². The molecule has 0 spiro atoms. The molecular weight excluding hydrogens is 236 g/mol. The van der Waals surface area contributed by atoms with Crippen LogP contribution in [-0.4, -0.2) is 12.6 Å². The van der Waals surface area contributed by atoms with Crippen molar-refractivity contribution in [2.24, 2.45) is 11.8 Å². The summed E-state index contributed by atoms with van der Waals surface area (Å²) in [6, 6.07) is 8.77. The molecule has 0 amide bonds. The van der Waals surface area contributed by atoms with Crippen molar-refractivity contribution in [3.05, 3.63) is 35.4 Å². The summed E-state index contributed by atoms with van der Waals surface area (Å²) in [5.74, 6) is 6.50. The maximum absolute atomic E-state index is 5.97. The number of ether oxygens (including phenoxy) is 1. The second kappa shape index (κ2) is 7.04. The first-order valence-electron chi connectivity index (χ1n) is 7.38. The molecule has 106 valence electrons. The van der Waals surface area contributed by atoms with Crippen LogP contribution in [0.15, 0.2) is 24.3 Å². The predicted molar refractivity (Wildman–Crippen MR) is 78.6 cm³/mol. The molecule has 0 radical (unpaired) electrons. The first-order valence-corrected chi connectivity index (χ1v) is 7.38. The Bertz CT molecular complexity index is 392. The van der Waals surface area contributed by atoms with Gasteiger partial charge in [0.25, 0.3) is 0 Å². The van der Waals surface area contributed by atoms with E-state index in [9.17, 15) is 0 Å². The highest BCUT2D eigenvalue weighted by molar-refractivity contribution is 5.31. The largest absolute Gasteiger partial charge is 0.371 e. The fourth-order valence-electron chi connectivity index (χ4n) is 2.83. The molecule has 0 fully saturated rings. The lowest BCUT2D eigenvalue weighted by Gasteiger charge is -2.32. The molecule has 3 heteroatoms. The Morgan fingerprint density at radius 3 is 2.84 bits per heavy atom. The number of nitrogens with two attached hydrogens (primary N) is 1. The minimum Gasteiger partial charge on any atom is -0.371 e. The Balaban J connectivity index is 2.03. The van der Waals surface area contributed by atoms with Gasteiger partial charge in [-0.25, -0.2) is 0 Å². The summed E-state index contributed by atoms with van der Waals surface area (Å²) in [5.41, 5.74) is 5.67. The fraction of sp³-hybridized carbons (Fsp3) is 0.625. The molecule has 0 aromatic heterocycles. The van der Waals surface area contributed by atoms with Gasteiger partial charge in [-0.1, -0.05) is 51.0 Å². The van der Waals surface area contributed by atoms with Crippen LogP contribution in [0.4, 0.5) is 0 Å². The van der Waals surface area contributed by atoms with Gasteiger partial charge in [0.05, 0.1) is 18.8 Å². The van der Waals surface area contributed by atoms with Crippen LogP contribution in [0.3, 0.4) is 0 Å². The summed E-state index contributed by atoms with van der Waals surface area (Å²) >= 11 is 0. The third-order valence-corrected chi connectivity index (χ3v) is 3.91. The molecule has 0 saturated carbocycles. The Hall–Kier alpha value is -0.900. The standard InChI is InChI=1S/C16H26N2O/c1-12(2)6-5-9-15(18-17)16-14-8-4-3-7-13(14)10-11-19-16/h3-4,7-8,12,15-16,18H,5-6,9-11,17H2,1-2H3. The molecule has 1 aromatic rings. The van der Waals surface area contributed by atoms with Crippen molar-refractivity contribution >= 4 is 0 Å². The molecule has 3 N–H and O–H groups in total. The number of hydrazine groups is 1. The average molecular weight is 262 g/mol. The number of hydrogen-bond acceptors (Lipinski definition) is 3. The van der Waals surface area contributed by atoms with Crippen molar-refractivity contribution in [2.75, 3.05) is 6.61 Å². The zero-order valence-corrected chi connectivity index (χ0v) is 12.1. The summed E-state index contributed by atoms with van der Waals surface area (Å²) in [7, 11) is 0. The Morgan fingerprint density at radius 2 is 2.11 bits per heavy atom. The maximum atomic E-state index is 5.97.